The Hall–Kier alpha value is -4.01. The fourth-order valence-corrected chi connectivity index (χ4v) is 5.80. The first kappa shape index (κ1) is 21.5. The predicted octanol–water partition coefficient (Wildman–Crippen LogP) is 2.41. The van der Waals surface area contributed by atoms with Crippen LogP contribution in [0.4, 0.5) is 5.69 Å². The molecule has 2 aromatic carbocycles. The maximum Gasteiger partial charge on any atom is 0.290 e. The number of aryl methyl sites for hydroxylation is 1. The zero-order valence-corrected chi connectivity index (χ0v) is 19.4. The van der Waals surface area contributed by atoms with E-state index in [4.69, 9.17) is 4.74 Å². The molecule has 9 heteroatoms. The Balaban J connectivity index is 1.57. The van der Waals surface area contributed by atoms with Crippen LogP contribution >= 0.6 is 0 Å². The molecule has 3 aliphatic heterocycles. The van der Waals surface area contributed by atoms with Gasteiger partial charge in [-0.05, 0) is 35.7 Å². The summed E-state index contributed by atoms with van der Waals surface area (Å²) in [6, 6.07) is 14.6. The summed E-state index contributed by atoms with van der Waals surface area (Å²) in [5, 5.41) is 8.51. The van der Waals surface area contributed by atoms with Crippen LogP contribution in [0, 0.1) is 0 Å². The van der Waals surface area contributed by atoms with Crippen LogP contribution in [0.15, 0.2) is 54.7 Å². The molecular formula is C26H25N5O4. The third-order valence-corrected chi connectivity index (χ3v) is 7.27. The number of fused-ring (bicyclic) bond motifs is 8. The van der Waals surface area contributed by atoms with Gasteiger partial charge in [0.2, 0.25) is 11.7 Å². The summed E-state index contributed by atoms with van der Waals surface area (Å²) < 4.78 is 7.77. The normalized spacial score (nSPS) is 23.1. The quantitative estimate of drug-likeness (QED) is 0.506. The lowest BCUT2D eigenvalue weighted by Crippen LogP contribution is -2.46. The second-order valence-corrected chi connectivity index (χ2v) is 9.33. The number of para-hydroxylation sites is 1. The van der Waals surface area contributed by atoms with Gasteiger partial charge >= 0.3 is 0 Å². The Morgan fingerprint density at radius 1 is 1.11 bits per heavy atom. The molecular weight excluding hydrogens is 446 g/mol. The van der Waals surface area contributed by atoms with Crippen molar-refractivity contribution in [3.8, 4) is 5.75 Å². The maximum absolute atomic E-state index is 14.4. The van der Waals surface area contributed by atoms with E-state index in [1.807, 2.05) is 54.7 Å². The largest absolute Gasteiger partial charge is 0.494 e. The maximum atomic E-state index is 14.4. The SMILES string of the molecule is CC(=O)C(=O)N1CC[C@@]23C(=O)N(Cc4cn(nn4)CCCOc4cccc(c4)[C@H]12)c1ccccc13. The third-order valence-electron chi connectivity index (χ3n) is 7.27. The second-order valence-electron chi connectivity index (χ2n) is 9.33. The Labute approximate surface area is 202 Å². The number of anilines is 1. The van der Waals surface area contributed by atoms with Gasteiger partial charge in [0.25, 0.3) is 5.91 Å². The Kier molecular flexibility index (Phi) is 4.94. The first-order chi connectivity index (χ1) is 17.0. The summed E-state index contributed by atoms with van der Waals surface area (Å²) in [7, 11) is 0. The number of likely N-dealkylation sites (tertiary alicyclic amines) is 1. The van der Waals surface area contributed by atoms with Crippen LogP contribution in [0.5, 0.6) is 5.75 Å². The van der Waals surface area contributed by atoms with E-state index in [1.54, 1.807) is 14.5 Å². The van der Waals surface area contributed by atoms with Gasteiger partial charge in [-0.25, -0.2) is 0 Å². The van der Waals surface area contributed by atoms with Crippen LogP contribution in [-0.2, 0) is 32.9 Å². The summed E-state index contributed by atoms with van der Waals surface area (Å²) >= 11 is 0. The van der Waals surface area contributed by atoms with Crippen molar-refractivity contribution >= 4 is 23.3 Å². The van der Waals surface area contributed by atoms with E-state index in [9.17, 15) is 14.4 Å². The molecule has 178 valence electrons. The number of ether oxygens (including phenoxy) is 1. The Bertz CT molecular complexity index is 1350. The van der Waals surface area contributed by atoms with Crippen molar-refractivity contribution in [3.05, 3.63) is 71.5 Å². The van der Waals surface area contributed by atoms with E-state index in [1.165, 1.54) is 6.92 Å². The van der Waals surface area contributed by atoms with Crippen LogP contribution in [-0.4, -0.2) is 50.6 Å². The van der Waals surface area contributed by atoms with Gasteiger partial charge in [0.05, 0.1) is 25.4 Å². The van der Waals surface area contributed by atoms with Crippen LogP contribution in [0.2, 0.25) is 0 Å². The molecule has 3 aliphatic rings. The summed E-state index contributed by atoms with van der Waals surface area (Å²) in [6.07, 6.45) is 3.01. The molecule has 4 heterocycles. The number of aromatic nitrogens is 3. The van der Waals surface area contributed by atoms with Gasteiger partial charge in [-0.15, -0.1) is 5.10 Å². The molecule has 2 atom stereocenters. The van der Waals surface area contributed by atoms with Gasteiger partial charge in [-0.2, -0.15) is 0 Å². The molecule has 1 saturated heterocycles. The van der Waals surface area contributed by atoms with Crippen molar-refractivity contribution in [2.24, 2.45) is 0 Å². The van der Waals surface area contributed by atoms with Gasteiger partial charge in [0.15, 0.2) is 0 Å². The number of ketones is 1. The molecule has 0 radical (unpaired) electrons. The van der Waals surface area contributed by atoms with Crippen molar-refractivity contribution in [1.29, 1.82) is 0 Å². The third kappa shape index (κ3) is 3.25. The van der Waals surface area contributed by atoms with Crippen molar-refractivity contribution in [1.82, 2.24) is 19.9 Å². The van der Waals surface area contributed by atoms with E-state index in [0.717, 1.165) is 23.2 Å². The Morgan fingerprint density at radius 3 is 2.83 bits per heavy atom. The minimum Gasteiger partial charge on any atom is -0.494 e. The monoisotopic (exact) mass is 471 g/mol. The summed E-state index contributed by atoms with van der Waals surface area (Å²) in [5.41, 5.74) is 2.11. The highest BCUT2D eigenvalue weighted by Gasteiger charge is 2.61. The predicted molar refractivity (Wildman–Crippen MR) is 126 cm³/mol. The van der Waals surface area contributed by atoms with E-state index < -0.39 is 23.1 Å². The first-order valence-electron chi connectivity index (χ1n) is 11.8. The first-order valence-corrected chi connectivity index (χ1v) is 11.8. The van der Waals surface area contributed by atoms with E-state index in [-0.39, 0.29) is 12.5 Å². The number of amides is 2. The van der Waals surface area contributed by atoms with Gasteiger partial charge in [0, 0.05) is 32.1 Å². The van der Waals surface area contributed by atoms with Crippen LogP contribution in [0.1, 0.15) is 42.6 Å². The van der Waals surface area contributed by atoms with E-state index in [2.05, 4.69) is 10.3 Å². The van der Waals surface area contributed by atoms with Gasteiger partial charge in [0.1, 0.15) is 16.9 Å². The van der Waals surface area contributed by atoms with E-state index >= 15 is 0 Å². The topological polar surface area (TPSA) is 97.6 Å². The molecule has 35 heavy (non-hydrogen) atoms. The number of nitrogens with zero attached hydrogens (tertiary/aromatic N) is 5. The fourth-order valence-electron chi connectivity index (χ4n) is 5.80. The second kappa shape index (κ2) is 8.04. The number of rotatable bonds is 1. The standard InChI is InChI=1S/C26H25N5O4/c1-17(32)24(33)30-12-10-26-21-8-2-3-9-22(21)31(25(26)34)16-19-15-29(28-27-19)11-5-13-35-20-7-4-6-18(14-20)23(26)30/h2-4,6-9,14-15,23H,5,10-13,16H2,1H3/t23-,26-/m0/s1. The van der Waals surface area contributed by atoms with Crippen molar-refractivity contribution in [3.63, 3.8) is 0 Å². The fraction of sp³-hybridized carbons (Fsp3) is 0.346. The minimum absolute atomic E-state index is 0.0988. The smallest absolute Gasteiger partial charge is 0.290 e. The zero-order valence-electron chi connectivity index (χ0n) is 19.4. The molecule has 0 unspecified atom stereocenters. The van der Waals surface area contributed by atoms with Gasteiger partial charge in [-0.3, -0.25) is 19.1 Å². The highest BCUT2D eigenvalue weighted by molar-refractivity contribution is 6.35. The number of benzene rings is 2. The molecule has 1 spiro atoms. The lowest BCUT2D eigenvalue weighted by molar-refractivity contribution is -0.145. The van der Waals surface area contributed by atoms with Gasteiger partial charge in [-0.1, -0.05) is 35.5 Å². The number of Topliss-reactive ketones (excluding diaryl/α,β-unsaturated/α-hetero) is 1. The minimum atomic E-state index is -1.02. The zero-order chi connectivity index (χ0) is 24.2. The van der Waals surface area contributed by atoms with Crippen LogP contribution in [0.25, 0.3) is 0 Å². The molecule has 9 nitrogen and oxygen atoms in total. The lowest BCUT2D eigenvalue weighted by atomic mass is 9.72. The highest BCUT2D eigenvalue weighted by Crippen LogP contribution is 2.57. The highest BCUT2D eigenvalue weighted by atomic mass is 16.5. The van der Waals surface area contributed by atoms with Crippen molar-refractivity contribution < 1.29 is 19.1 Å². The summed E-state index contributed by atoms with van der Waals surface area (Å²) in [6.45, 7) is 2.99. The lowest BCUT2D eigenvalue weighted by Gasteiger charge is -2.35. The molecule has 2 amide bonds. The number of carbonyl (C=O) groups is 3. The molecule has 6 bridgehead atoms. The Morgan fingerprint density at radius 2 is 1.97 bits per heavy atom. The van der Waals surface area contributed by atoms with Crippen molar-refractivity contribution in [2.45, 2.75) is 44.3 Å². The number of hydrogen-bond donors (Lipinski definition) is 0. The molecule has 0 N–H and O–H groups in total. The number of carbonyl (C=O) groups excluding carboxylic acids is 3. The summed E-state index contributed by atoms with van der Waals surface area (Å²) in [4.78, 5) is 43.0. The molecule has 3 aromatic rings. The molecule has 0 aliphatic carbocycles. The van der Waals surface area contributed by atoms with E-state index in [0.29, 0.717) is 37.6 Å². The van der Waals surface area contributed by atoms with Crippen molar-refractivity contribution in [2.75, 3.05) is 18.1 Å². The summed E-state index contributed by atoms with van der Waals surface area (Å²) in [5.74, 6) is -0.567. The number of hydrogen-bond acceptors (Lipinski definition) is 6. The average molecular weight is 472 g/mol. The molecule has 1 aromatic heterocycles. The molecule has 6 rings (SSSR count). The average Bonchev–Trinajstić information content (AvgIpc) is 3.54. The molecule has 1 fully saturated rings. The van der Waals surface area contributed by atoms with Gasteiger partial charge < -0.3 is 14.5 Å². The molecule has 0 saturated carbocycles. The van der Waals surface area contributed by atoms with Crippen LogP contribution < -0.4 is 9.64 Å². The van der Waals surface area contributed by atoms with Crippen LogP contribution in [0.3, 0.4) is 0 Å².